The highest BCUT2D eigenvalue weighted by Crippen LogP contribution is 2.42. The Balaban J connectivity index is 1.99. The zero-order chi connectivity index (χ0) is 19.6. The van der Waals surface area contributed by atoms with Gasteiger partial charge in [-0.05, 0) is 49.9 Å². The summed E-state index contributed by atoms with van der Waals surface area (Å²) in [6.07, 6.45) is -3.42. The summed E-state index contributed by atoms with van der Waals surface area (Å²) in [6.45, 7) is 0.168. The lowest BCUT2D eigenvalue weighted by Crippen LogP contribution is -2.31. The van der Waals surface area contributed by atoms with E-state index in [0.29, 0.717) is 35.1 Å². The molecule has 0 spiro atoms. The summed E-state index contributed by atoms with van der Waals surface area (Å²) < 4.78 is 45.5. The molecule has 4 nitrogen and oxygen atoms in total. The molecule has 0 amide bonds. The summed E-state index contributed by atoms with van der Waals surface area (Å²) >= 11 is 5.93. The van der Waals surface area contributed by atoms with Gasteiger partial charge in [0.15, 0.2) is 0 Å². The van der Waals surface area contributed by atoms with Gasteiger partial charge in [0.05, 0.1) is 23.9 Å². The molecule has 0 unspecified atom stereocenters. The first-order valence-electron chi connectivity index (χ1n) is 8.74. The number of hydrogen-bond acceptors (Lipinski definition) is 3. The SMILES string of the molecule is COCc1cc(=O)n(-c2ccc(Cl)cc2)c(C2CCC(C(F)(F)F)CC2)n1. The van der Waals surface area contributed by atoms with Crippen molar-refractivity contribution < 1.29 is 17.9 Å². The second-order valence-corrected chi connectivity index (χ2v) is 7.22. The lowest BCUT2D eigenvalue weighted by atomic mass is 9.81. The van der Waals surface area contributed by atoms with Crippen molar-refractivity contribution in [2.75, 3.05) is 7.11 Å². The molecule has 1 aliphatic carbocycles. The van der Waals surface area contributed by atoms with Crippen molar-refractivity contribution in [3.63, 3.8) is 0 Å². The van der Waals surface area contributed by atoms with E-state index in [0.717, 1.165) is 0 Å². The quantitative estimate of drug-likeness (QED) is 0.735. The van der Waals surface area contributed by atoms with E-state index in [9.17, 15) is 18.0 Å². The van der Waals surface area contributed by atoms with E-state index in [-0.39, 0.29) is 30.9 Å². The van der Waals surface area contributed by atoms with E-state index in [1.165, 1.54) is 17.7 Å². The van der Waals surface area contributed by atoms with E-state index >= 15 is 0 Å². The molecule has 1 aliphatic rings. The Labute approximate surface area is 159 Å². The van der Waals surface area contributed by atoms with Gasteiger partial charge < -0.3 is 4.74 Å². The van der Waals surface area contributed by atoms with E-state index in [2.05, 4.69) is 4.98 Å². The van der Waals surface area contributed by atoms with Crippen LogP contribution in [0.2, 0.25) is 5.02 Å². The minimum absolute atomic E-state index is 0.0408. The molecule has 0 radical (unpaired) electrons. The molecule has 1 heterocycles. The molecule has 1 saturated carbocycles. The molecule has 2 aromatic rings. The maximum Gasteiger partial charge on any atom is 0.391 e. The summed E-state index contributed by atoms with van der Waals surface area (Å²) in [7, 11) is 1.50. The number of rotatable bonds is 4. The number of ether oxygens (including phenoxy) is 1. The highest BCUT2D eigenvalue weighted by Gasteiger charge is 2.42. The van der Waals surface area contributed by atoms with Crippen molar-refractivity contribution >= 4 is 11.6 Å². The van der Waals surface area contributed by atoms with Crippen LogP contribution in [0.4, 0.5) is 13.2 Å². The van der Waals surface area contributed by atoms with Gasteiger partial charge in [0.1, 0.15) is 5.82 Å². The van der Waals surface area contributed by atoms with Gasteiger partial charge in [0.2, 0.25) is 0 Å². The third-order valence-electron chi connectivity index (χ3n) is 4.93. The fourth-order valence-electron chi connectivity index (χ4n) is 3.57. The summed E-state index contributed by atoms with van der Waals surface area (Å²) in [5.41, 5.74) is 0.779. The average Bonchev–Trinajstić information content (AvgIpc) is 2.62. The van der Waals surface area contributed by atoms with Crippen LogP contribution in [-0.4, -0.2) is 22.8 Å². The van der Waals surface area contributed by atoms with Crippen molar-refractivity contribution in [1.82, 2.24) is 9.55 Å². The minimum Gasteiger partial charge on any atom is -0.378 e. The zero-order valence-corrected chi connectivity index (χ0v) is 15.6. The standard InChI is InChI=1S/C19H20ClF3N2O2/c1-27-11-15-10-17(26)25(16-8-6-14(20)7-9-16)18(24-15)12-2-4-13(5-3-12)19(21,22)23/h6-10,12-13H,2-5,11H2,1H3. The lowest BCUT2D eigenvalue weighted by molar-refractivity contribution is -0.182. The molecule has 1 fully saturated rings. The molecule has 27 heavy (non-hydrogen) atoms. The molecule has 0 aliphatic heterocycles. The third-order valence-corrected chi connectivity index (χ3v) is 5.18. The van der Waals surface area contributed by atoms with Gasteiger partial charge in [-0.3, -0.25) is 9.36 Å². The second kappa shape index (κ2) is 8.02. The predicted molar refractivity (Wildman–Crippen MR) is 96.3 cm³/mol. The van der Waals surface area contributed by atoms with Crippen molar-refractivity contribution in [3.05, 3.63) is 57.2 Å². The first-order valence-corrected chi connectivity index (χ1v) is 9.12. The largest absolute Gasteiger partial charge is 0.391 e. The predicted octanol–water partition coefficient (Wildman–Crippen LogP) is 4.87. The Bertz CT molecular complexity index is 842. The maximum absolute atomic E-state index is 13.0. The number of nitrogens with zero attached hydrogens (tertiary/aromatic N) is 2. The number of benzene rings is 1. The Morgan fingerprint density at radius 2 is 1.81 bits per heavy atom. The number of aromatic nitrogens is 2. The molecule has 8 heteroatoms. The second-order valence-electron chi connectivity index (χ2n) is 6.78. The van der Waals surface area contributed by atoms with Crippen LogP contribution in [0.25, 0.3) is 5.69 Å². The first kappa shape index (κ1) is 19.9. The molecule has 0 saturated heterocycles. The van der Waals surface area contributed by atoms with Crippen LogP contribution < -0.4 is 5.56 Å². The van der Waals surface area contributed by atoms with E-state index in [4.69, 9.17) is 16.3 Å². The zero-order valence-electron chi connectivity index (χ0n) is 14.8. The highest BCUT2D eigenvalue weighted by molar-refractivity contribution is 6.30. The Kier molecular flexibility index (Phi) is 5.91. The van der Waals surface area contributed by atoms with Gasteiger partial charge in [-0.1, -0.05) is 11.6 Å². The summed E-state index contributed by atoms with van der Waals surface area (Å²) in [5.74, 6) is -1.02. The van der Waals surface area contributed by atoms with Gasteiger partial charge in [-0.15, -0.1) is 0 Å². The topological polar surface area (TPSA) is 44.1 Å². The van der Waals surface area contributed by atoms with Gasteiger partial charge in [-0.2, -0.15) is 13.2 Å². The highest BCUT2D eigenvalue weighted by atomic mass is 35.5. The van der Waals surface area contributed by atoms with Crippen molar-refractivity contribution in [3.8, 4) is 5.69 Å². The van der Waals surface area contributed by atoms with E-state index < -0.39 is 12.1 Å². The molecule has 1 aromatic carbocycles. The fraction of sp³-hybridized carbons (Fsp3) is 0.474. The van der Waals surface area contributed by atoms with Crippen molar-refractivity contribution in [2.24, 2.45) is 5.92 Å². The number of methoxy groups -OCH3 is 1. The van der Waals surface area contributed by atoms with Crippen LogP contribution in [-0.2, 0) is 11.3 Å². The molecule has 0 bridgehead atoms. The lowest BCUT2D eigenvalue weighted by Gasteiger charge is -2.30. The normalized spacial score (nSPS) is 20.6. The summed E-state index contributed by atoms with van der Waals surface area (Å²) in [4.78, 5) is 17.3. The van der Waals surface area contributed by atoms with Crippen LogP contribution in [0, 0.1) is 5.92 Å². The van der Waals surface area contributed by atoms with Crippen LogP contribution >= 0.6 is 11.6 Å². The van der Waals surface area contributed by atoms with Gasteiger partial charge in [-0.25, -0.2) is 4.98 Å². The van der Waals surface area contributed by atoms with Crippen LogP contribution in [0.3, 0.4) is 0 Å². The number of alkyl halides is 3. The molecular formula is C19H20ClF3N2O2. The molecule has 0 atom stereocenters. The maximum atomic E-state index is 13.0. The van der Waals surface area contributed by atoms with Gasteiger partial charge in [0, 0.05) is 24.1 Å². The van der Waals surface area contributed by atoms with Gasteiger partial charge in [0.25, 0.3) is 5.56 Å². The van der Waals surface area contributed by atoms with Gasteiger partial charge >= 0.3 is 6.18 Å². The minimum atomic E-state index is -4.17. The molecule has 0 N–H and O–H groups in total. The Morgan fingerprint density at radius 1 is 1.19 bits per heavy atom. The van der Waals surface area contributed by atoms with Crippen LogP contribution in [0.5, 0.6) is 0 Å². The Morgan fingerprint density at radius 3 is 2.37 bits per heavy atom. The molecular weight excluding hydrogens is 381 g/mol. The van der Waals surface area contributed by atoms with E-state index in [1.807, 2.05) is 0 Å². The smallest absolute Gasteiger partial charge is 0.378 e. The van der Waals surface area contributed by atoms with Crippen LogP contribution in [0.1, 0.15) is 43.1 Å². The third kappa shape index (κ3) is 4.52. The van der Waals surface area contributed by atoms with Crippen molar-refractivity contribution in [2.45, 2.75) is 44.4 Å². The number of hydrogen-bond donors (Lipinski definition) is 0. The Hall–Kier alpha value is -1.86. The average molecular weight is 401 g/mol. The number of halogens is 4. The fourth-order valence-corrected chi connectivity index (χ4v) is 3.70. The molecule has 146 valence electrons. The summed E-state index contributed by atoms with van der Waals surface area (Å²) in [5, 5.41) is 0.531. The molecule has 3 rings (SSSR count). The van der Waals surface area contributed by atoms with Crippen LogP contribution in [0.15, 0.2) is 35.1 Å². The summed E-state index contributed by atoms with van der Waals surface area (Å²) in [6, 6.07) is 8.12. The molecule has 1 aromatic heterocycles. The monoisotopic (exact) mass is 400 g/mol. The van der Waals surface area contributed by atoms with Crippen molar-refractivity contribution in [1.29, 1.82) is 0 Å². The van der Waals surface area contributed by atoms with E-state index in [1.54, 1.807) is 24.3 Å². The first-order chi connectivity index (χ1) is 12.8.